The molecule has 0 aromatic heterocycles. The number of nitrogens with zero attached hydrogens (tertiary/aromatic N) is 1. The van der Waals surface area contributed by atoms with E-state index in [9.17, 15) is 0 Å². The molecule has 0 aliphatic carbocycles. The minimum atomic E-state index is 0.805. The van der Waals surface area contributed by atoms with Crippen LogP contribution in [-0.4, -0.2) is 6.72 Å². The van der Waals surface area contributed by atoms with Gasteiger partial charge in [-0.3, -0.25) is 4.99 Å². The van der Waals surface area contributed by atoms with Gasteiger partial charge in [0.1, 0.15) is 0 Å². The third-order valence-corrected chi connectivity index (χ3v) is 0.625. The van der Waals surface area contributed by atoms with E-state index in [-0.39, 0.29) is 0 Å². The minimum absolute atomic E-state index is 0.805. The molecular formula is C5H6BrN. The van der Waals surface area contributed by atoms with E-state index in [4.69, 9.17) is 0 Å². The van der Waals surface area contributed by atoms with Gasteiger partial charge in [-0.25, -0.2) is 0 Å². The molecule has 0 spiro atoms. The van der Waals surface area contributed by atoms with Crippen molar-refractivity contribution < 1.29 is 0 Å². The summed E-state index contributed by atoms with van der Waals surface area (Å²) in [5, 5.41) is 0. The first-order valence-electron chi connectivity index (χ1n) is 1.74. The van der Waals surface area contributed by atoms with Crippen molar-refractivity contribution in [2.45, 2.75) is 0 Å². The third kappa shape index (κ3) is 5.63. The highest BCUT2D eigenvalue weighted by Gasteiger charge is 1.68. The number of rotatable bonds is 2. The van der Waals surface area contributed by atoms with E-state index in [0.717, 1.165) is 4.48 Å². The van der Waals surface area contributed by atoms with Crippen LogP contribution in [0.3, 0.4) is 0 Å². The molecule has 0 amide bonds. The lowest BCUT2D eigenvalue weighted by atomic mass is 10.6. The van der Waals surface area contributed by atoms with Gasteiger partial charge in [0, 0.05) is 10.7 Å². The molecule has 0 saturated heterocycles. The molecule has 0 unspecified atom stereocenters. The molecule has 0 bridgehead atoms. The van der Waals surface area contributed by atoms with Gasteiger partial charge in [-0.15, -0.1) is 0 Å². The Morgan fingerprint density at radius 1 is 1.71 bits per heavy atom. The van der Waals surface area contributed by atoms with Gasteiger partial charge in [-0.2, -0.15) is 0 Å². The first-order chi connectivity index (χ1) is 3.27. The Kier molecular flexibility index (Phi) is 3.61. The van der Waals surface area contributed by atoms with Crippen molar-refractivity contribution in [3.05, 3.63) is 23.3 Å². The quantitative estimate of drug-likeness (QED) is 0.433. The van der Waals surface area contributed by atoms with Crippen LogP contribution in [0, 0.1) is 0 Å². The number of hydrogen-bond acceptors (Lipinski definition) is 1. The molecule has 0 radical (unpaired) electrons. The zero-order valence-corrected chi connectivity index (χ0v) is 5.48. The maximum Gasteiger partial charge on any atom is 0.0271 e. The maximum atomic E-state index is 3.53. The van der Waals surface area contributed by atoms with E-state index >= 15 is 0 Å². The van der Waals surface area contributed by atoms with Gasteiger partial charge in [0.25, 0.3) is 0 Å². The van der Waals surface area contributed by atoms with Gasteiger partial charge in [0.2, 0.25) is 0 Å². The van der Waals surface area contributed by atoms with E-state index in [1.807, 2.05) is 0 Å². The highest BCUT2D eigenvalue weighted by molar-refractivity contribution is 9.11. The summed E-state index contributed by atoms with van der Waals surface area (Å²) in [4.78, 5) is 3.45. The molecular weight excluding hydrogens is 154 g/mol. The molecule has 1 nitrogen and oxygen atoms in total. The number of halogens is 1. The van der Waals surface area contributed by atoms with Crippen molar-refractivity contribution in [1.29, 1.82) is 0 Å². The molecule has 2 heteroatoms. The van der Waals surface area contributed by atoms with Crippen LogP contribution in [0.2, 0.25) is 0 Å². The summed E-state index contributed by atoms with van der Waals surface area (Å²) in [7, 11) is 0. The Labute approximate surface area is 51.6 Å². The average molecular weight is 160 g/mol. The first kappa shape index (κ1) is 6.63. The molecule has 0 aliphatic rings. The second kappa shape index (κ2) is 3.81. The SMILES string of the molecule is C=NC=CC(=C)Br. The standard InChI is InChI=1S/C5H6BrN/c1-5(6)3-4-7-2/h3-4H,1-2H2. The summed E-state index contributed by atoms with van der Waals surface area (Å²) in [6.07, 6.45) is 3.28. The van der Waals surface area contributed by atoms with Gasteiger partial charge in [-0.1, -0.05) is 22.5 Å². The normalized spacial score (nSPS) is 9.29. The Bertz CT molecular complexity index is 105. The zero-order valence-electron chi connectivity index (χ0n) is 3.89. The third-order valence-electron chi connectivity index (χ3n) is 0.361. The maximum absolute atomic E-state index is 3.53. The van der Waals surface area contributed by atoms with Gasteiger partial charge in [0.05, 0.1) is 0 Å². The van der Waals surface area contributed by atoms with Crippen LogP contribution in [0.15, 0.2) is 28.3 Å². The molecule has 0 aromatic rings. The fourth-order valence-corrected chi connectivity index (χ4v) is 0.252. The molecule has 0 N–H and O–H groups in total. The molecule has 0 saturated carbocycles. The van der Waals surface area contributed by atoms with E-state index < -0.39 is 0 Å². The van der Waals surface area contributed by atoms with Crippen LogP contribution in [0.1, 0.15) is 0 Å². The summed E-state index contributed by atoms with van der Waals surface area (Å²) in [5.41, 5.74) is 0. The summed E-state index contributed by atoms with van der Waals surface area (Å²) in [6.45, 7) is 6.77. The second-order valence-corrected chi connectivity index (χ2v) is 1.96. The highest BCUT2D eigenvalue weighted by Crippen LogP contribution is 2.00. The molecule has 0 atom stereocenters. The summed E-state index contributed by atoms with van der Waals surface area (Å²) in [5.74, 6) is 0. The Morgan fingerprint density at radius 2 is 2.29 bits per heavy atom. The van der Waals surface area contributed by atoms with E-state index in [1.165, 1.54) is 0 Å². The van der Waals surface area contributed by atoms with Crippen molar-refractivity contribution in [2.75, 3.05) is 0 Å². The molecule has 0 rings (SSSR count). The van der Waals surface area contributed by atoms with Gasteiger partial charge >= 0.3 is 0 Å². The number of aliphatic imine (C=N–C) groups is 1. The molecule has 0 aromatic carbocycles. The fourth-order valence-electron chi connectivity index (χ4n) is 0.134. The largest absolute Gasteiger partial charge is 0.272 e. The fraction of sp³-hybridized carbons (Fsp3) is 0. The molecule has 0 heterocycles. The second-order valence-electron chi connectivity index (χ2n) is 0.945. The molecule has 0 aliphatic heterocycles. The minimum Gasteiger partial charge on any atom is -0.272 e. The van der Waals surface area contributed by atoms with E-state index in [1.54, 1.807) is 12.3 Å². The van der Waals surface area contributed by atoms with Crippen LogP contribution in [0.25, 0.3) is 0 Å². The van der Waals surface area contributed by atoms with Crippen molar-refractivity contribution >= 4 is 22.6 Å². The Morgan fingerprint density at radius 3 is 2.43 bits per heavy atom. The van der Waals surface area contributed by atoms with Crippen molar-refractivity contribution in [3.8, 4) is 0 Å². The lowest BCUT2D eigenvalue weighted by Gasteiger charge is -1.74. The number of hydrogen-bond donors (Lipinski definition) is 0. The predicted octanol–water partition coefficient (Wildman–Crippen LogP) is 2.11. The molecule has 0 fully saturated rings. The monoisotopic (exact) mass is 159 g/mol. The summed E-state index contributed by atoms with van der Waals surface area (Å²) >= 11 is 3.11. The predicted molar refractivity (Wildman–Crippen MR) is 36.8 cm³/mol. The summed E-state index contributed by atoms with van der Waals surface area (Å²) in [6, 6.07) is 0. The summed E-state index contributed by atoms with van der Waals surface area (Å²) < 4.78 is 0.805. The highest BCUT2D eigenvalue weighted by atomic mass is 79.9. The lowest BCUT2D eigenvalue weighted by Crippen LogP contribution is -1.50. The van der Waals surface area contributed by atoms with Crippen LogP contribution in [0.4, 0.5) is 0 Å². The van der Waals surface area contributed by atoms with E-state index in [0.29, 0.717) is 0 Å². The zero-order chi connectivity index (χ0) is 5.70. The first-order valence-corrected chi connectivity index (χ1v) is 2.53. The van der Waals surface area contributed by atoms with Crippen molar-refractivity contribution in [2.24, 2.45) is 4.99 Å². The topological polar surface area (TPSA) is 12.4 Å². The Balaban J connectivity index is 3.46. The number of allylic oxidation sites excluding steroid dienone is 2. The molecule has 38 valence electrons. The van der Waals surface area contributed by atoms with E-state index in [2.05, 4.69) is 34.2 Å². The van der Waals surface area contributed by atoms with Crippen molar-refractivity contribution in [3.63, 3.8) is 0 Å². The van der Waals surface area contributed by atoms with Crippen LogP contribution in [0.5, 0.6) is 0 Å². The smallest absolute Gasteiger partial charge is 0.0271 e. The van der Waals surface area contributed by atoms with Gasteiger partial charge in [-0.05, 0) is 12.8 Å². The average Bonchev–Trinajstić information content (AvgIpc) is 1.61. The van der Waals surface area contributed by atoms with Crippen molar-refractivity contribution in [1.82, 2.24) is 0 Å². The van der Waals surface area contributed by atoms with Crippen LogP contribution < -0.4 is 0 Å². The molecule has 7 heavy (non-hydrogen) atoms. The lowest BCUT2D eigenvalue weighted by molar-refractivity contribution is 1.61. The van der Waals surface area contributed by atoms with Crippen LogP contribution >= 0.6 is 15.9 Å². The van der Waals surface area contributed by atoms with Gasteiger partial charge in [0.15, 0.2) is 0 Å². The van der Waals surface area contributed by atoms with Gasteiger partial charge < -0.3 is 0 Å². The van der Waals surface area contributed by atoms with Crippen LogP contribution in [-0.2, 0) is 0 Å². The Hall–Kier alpha value is -0.370.